The van der Waals surface area contributed by atoms with E-state index < -0.39 is 11.9 Å². The van der Waals surface area contributed by atoms with Gasteiger partial charge in [-0.15, -0.1) is 10.2 Å². The minimum Gasteiger partial charge on any atom is -0.461 e. The number of carbonyl (C=O) groups excluding carboxylic acids is 2. The summed E-state index contributed by atoms with van der Waals surface area (Å²) in [5.41, 5.74) is 0.841. The fourth-order valence-electron chi connectivity index (χ4n) is 3.04. The molecule has 0 aliphatic rings. The summed E-state index contributed by atoms with van der Waals surface area (Å²) in [4.78, 5) is 28.4. The molecule has 0 aliphatic heterocycles. The van der Waals surface area contributed by atoms with Crippen molar-refractivity contribution in [3.8, 4) is 0 Å². The van der Waals surface area contributed by atoms with Gasteiger partial charge in [0.15, 0.2) is 11.5 Å². The van der Waals surface area contributed by atoms with Crippen molar-refractivity contribution in [3.05, 3.63) is 53.7 Å². The monoisotopic (exact) mass is 396 g/mol. The number of rotatable bonds is 9. The van der Waals surface area contributed by atoms with Crippen molar-refractivity contribution in [2.75, 3.05) is 13.2 Å². The number of ether oxygens (including phenoxy) is 2. The van der Waals surface area contributed by atoms with Gasteiger partial charge in [-0.25, -0.2) is 14.6 Å². The van der Waals surface area contributed by atoms with E-state index in [4.69, 9.17) is 9.47 Å². The number of unbranched alkanes of at least 4 members (excludes halogenated alkanes) is 1. The molecule has 2 aromatic heterocycles. The van der Waals surface area contributed by atoms with Crippen LogP contribution in [0.3, 0.4) is 0 Å². The lowest BCUT2D eigenvalue weighted by Gasteiger charge is -2.08. The van der Waals surface area contributed by atoms with Crippen LogP contribution in [-0.4, -0.2) is 44.9 Å². The second kappa shape index (κ2) is 9.77. The summed E-state index contributed by atoms with van der Waals surface area (Å²) in [6, 6.07) is 10.3. The van der Waals surface area contributed by atoms with Crippen LogP contribution in [0, 0.1) is 0 Å². The molecule has 0 unspecified atom stereocenters. The second-order valence-corrected chi connectivity index (χ2v) is 6.39. The molecule has 0 atom stereocenters. The van der Waals surface area contributed by atoms with Gasteiger partial charge in [-0.3, -0.25) is 0 Å². The molecule has 0 saturated carbocycles. The van der Waals surface area contributed by atoms with Crippen LogP contribution in [0.5, 0.6) is 0 Å². The predicted octanol–water partition coefficient (Wildman–Crippen LogP) is 3.20. The smallest absolute Gasteiger partial charge is 0.361 e. The van der Waals surface area contributed by atoms with Gasteiger partial charge in [0.25, 0.3) is 0 Å². The minimum atomic E-state index is -0.735. The van der Waals surface area contributed by atoms with Crippen molar-refractivity contribution in [1.29, 1.82) is 0 Å². The maximum Gasteiger partial charge on any atom is 0.361 e. The zero-order chi connectivity index (χ0) is 20.6. The molecule has 8 nitrogen and oxygen atoms in total. The van der Waals surface area contributed by atoms with Crippen molar-refractivity contribution in [3.63, 3.8) is 0 Å². The van der Waals surface area contributed by atoms with Gasteiger partial charge in [-0.1, -0.05) is 18.2 Å². The molecule has 0 aliphatic carbocycles. The van der Waals surface area contributed by atoms with Crippen LogP contribution in [0.2, 0.25) is 0 Å². The van der Waals surface area contributed by atoms with Gasteiger partial charge in [0.1, 0.15) is 0 Å². The second-order valence-electron chi connectivity index (χ2n) is 6.39. The fraction of sp³-hybridized carbons (Fsp3) is 0.381. The first-order valence-corrected chi connectivity index (χ1v) is 9.75. The van der Waals surface area contributed by atoms with Gasteiger partial charge in [0.2, 0.25) is 5.69 Å². The van der Waals surface area contributed by atoms with E-state index in [1.54, 1.807) is 13.8 Å². The quantitative estimate of drug-likeness (QED) is 0.405. The number of carbonyl (C=O) groups is 2. The van der Waals surface area contributed by atoms with Crippen LogP contribution in [0.25, 0.3) is 10.9 Å². The Labute approximate surface area is 168 Å². The van der Waals surface area contributed by atoms with E-state index in [1.807, 2.05) is 12.1 Å². The van der Waals surface area contributed by atoms with E-state index in [2.05, 4.69) is 44.1 Å². The van der Waals surface area contributed by atoms with Crippen molar-refractivity contribution < 1.29 is 19.1 Å². The predicted molar refractivity (Wildman–Crippen MR) is 107 cm³/mol. The molecule has 3 rings (SSSR count). The van der Waals surface area contributed by atoms with Gasteiger partial charge < -0.3 is 14.0 Å². The average Bonchev–Trinajstić information content (AvgIpc) is 3.14. The van der Waals surface area contributed by atoms with Crippen LogP contribution in [0.4, 0.5) is 0 Å². The van der Waals surface area contributed by atoms with Crippen LogP contribution in [0.15, 0.2) is 36.5 Å². The molecular formula is C21H24N4O4. The van der Waals surface area contributed by atoms with E-state index in [-0.39, 0.29) is 24.6 Å². The van der Waals surface area contributed by atoms with Crippen LogP contribution in [0.1, 0.15) is 53.5 Å². The molecule has 152 valence electrons. The molecule has 0 bridgehead atoms. The summed E-state index contributed by atoms with van der Waals surface area (Å²) in [5, 5.41) is 9.09. The normalized spacial score (nSPS) is 10.8. The zero-order valence-electron chi connectivity index (χ0n) is 16.6. The van der Waals surface area contributed by atoms with E-state index in [9.17, 15) is 9.59 Å². The highest BCUT2D eigenvalue weighted by atomic mass is 16.5. The molecule has 0 radical (unpaired) electrons. The van der Waals surface area contributed by atoms with Gasteiger partial charge in [0, 0.05) is 24.7 Å². The fourth-order valence-corrected chi connectivity index (χ4v) is 3.04. The van der Waals surface area contributed by atoms with Crippen molar-refractivity contribution >= 4 is 22.8 Å². The molecule has 0 spiro atoms. The van der Waals surface area contributed by atoms with Gasteiger partial charge in [-0.2, -0.15) is 0 Å². The summed E-state index contributed by atoms with van der Waals surface area (Å²) >= 11 is 0. The zero-order valence-corrected chi connectivity index (χ0v) is 16.6. The largest absolute Gasteiger partial charge is 0.461 e. The lowest BCUT2D eigenvalue weighted by molar-refractivity contribution is 0.0465. The summed E-state index contributed by atoms with van der Waals surface area (Å²) in [7, 11) is 0. The number of fused-ring (bicyclic) bond motifs is 1. The molecule has 0 fully saturated rings. The van der Waals surface area contributed by atoms with Gasteiger partial charge in [-0.05, 0) is 44.2 Å². The molecular weight excluding hydrogens is 372 g/mol. The molecule has 2 heterocycles. The Morgan fingerprint density at radius 2 is 1.66 bits per heavy atom. The van der Waals surface area contributed by atoms with Crippen LogP contribution in [-0.2, 0) is 22.4 Å². The first kappa shape index (κ1) is 20.4. The summed E-state index contributed by atoms with van der Waals surface area (Å²) < 4.78 is 12.1. The summed E-state index contributed by atoms with van der Waals surface area (Å²) in [5.74, 6) is -1.04. The molecule has 29 heavy (non-hydrogen) atoms. The standard InChI is InChI=1S/C21H24N4O4/c1-3-28-20(26)18-19(21(27)29-4-2)24-23-17(22-18)11-7-8-13-25-14-12-15-9-5-6-10-16(15)25/h5-6,9-10,12,14H,3-4,7-8,11,13H2,1-2H3. The van der Waals surface area contributed by atoms with E-state index >= 15 is 0 Å². The van der Waals surface area contributed by atoms with E-state index in [1.165, 1.54) is 10.9 Å². The highest BCUT2D eigenvalue weighted by Gasteiger charge is 2.24. The highest BCUT2D eigenvalue weighted by molar-refractivity contribution is 6.00. The Kier molecular flexibility index (Phi) is 6.89. The SMILES string of the molecule is CCOC(=O)c1nnc(CCCCn2ccc3ccccc32)nc1C(=O)OCC. The molecule has 0 amide bonds. The van der Waals surface area contributed by atoms with E-state index in [0.29, 0.717) is 12.2 Å². The Morgan fingerprint density at radius 3 is 2.41 bits per heavy atom. The maximum absolute atomic E-state index is 12.2. The Balaban J connectivity index is 1.64. The first-order valence-electron chi connectivity index (χ1n) is 9.75. The van der Waals surface area contributed by atoms with Gasteiger partial charge >= 0.3 is 11.9 Å². The third-order valence-electron chi connectivity index (χ3n) is 4.40. The molecule has 0 N–H and O–H groups in total. The topological polar surface area (TPSA) is 96.2 Å². The molecule has 0 saturated heterocycles. The lowest BCUT2D eigenvalue weighted by atomic mass is 10.2. The number of para-hydroxylation sites is 1. The Bertz CT molecular complexity index is 999. The molecule has 1 aromatic carbocycles. The average molecular weight is 396 g/mol. The number of esters is 2. The van der Waals surface area contributed by atoms with Crippen molar-refractivity contribution in [1.82, 2.24) is 19.7 Å². The number of benzene rings is 1. The molecule has 3 aromatic rings. The number of hydrogen-bond donors (Lipinski definition) is 0. The third-order valence-corrected chi connectivity index (χ3v) is 4.40. The lowest BCUT2D eigenvalue weighted by Crippen LogP contribution is -2.20. The van der Waals surface area contributed by atoms with Crippen LogP contribution >= 0.6 is 0 Å². The highest BCUT2D eigenvalue weighted by Crippen LogP contribution is 2.16. The summed E-state index contributed by atoms with van der Waals surface area (Å²) in [6.45, 7) is 4.56. The van der Waals surface area contributed by atoms with E-state index in [0.717, 1.165) is 19.4 Å². The number of aromatic nitrogens is 4. The summed E-state index contributed by atoms with van der Waals surface area (Å²) in [6.07, 6.45) is 4.35. The molecule has 8 heteroatoms. The van der Waals surface area contributed by atoms with Crippen molar-refractivity contribution in [2.45, 2.75) is 39.7 Å². The maximum atomic E-state index is 12.2. The van der Waals surface area contributed by atoms with Crippen LogP contribution < -0.4 is 0 Å². The third kappa shape index (κ3) is 4.96. The van der Waals surface area contributed by atoms with Gasteiger partial charge in [0.05, 0.1) is 13.2 Å². The minimum absolute atomic E-state index is 0.147. The van der Waals surface area contributed by atoms with Crippen molar-refractivity contribution in [2.24, 2.45) is 0 Å². The number of aryl methyl sites for hydroxylation is 2. The first-order chi connectivity index (χ1) is 14.1. The Morgan fingerprint density at radius 1 is 0.931 bits per heavy atom. The number of nitrogens with zero attached hydrogens (tertiary/aromatic N) is 4. The number of hydrogen-bond acceptors (Lipinski definition) is 7. The Hall–Kier alpha value is -3.29.